The van der Waals surface area contributed by atoms with Gasteiger partial charge >= 0.3 is 0 Å². The number of carbonyl (C=O) groups is 2. The number of carbonyl (C=O) groups excluding carboxylic acids is 2. The molecule has 1 saturated carbocycles. The third-order valence-electron chi connectivity index (χ3n) is 4.48. The van der Waals surface area contributed by atoms with E-state index in [1.165, 1.54) is 0 Å². The van der Waals surface area contributed by atoms with Crippen LogP contribution in [0, 0.1) is 5.92 Å². The molecule has 0 aromatic heterocycles. The summed E-state index contributed by atoms with van der Waals surface area (Å²) in [5.41, 5.74) is 1.04. The van der Waals surface area contributed by atoms with Crippen molar-refractivity contribution in [2.24, 2.45) is 5.92 Å². The third kappa shape index (κ3) is 3.47. The van der Waals surface area contributed by atoms with Crippen molar-refractivity contribution in [2.75, 3.05) is 17.2 Å². The van der Waals surface area contributed by atoms with Crippen LogP contribution in [0.25, 0.3) is 0 Å². The standard InChI is InChI=1S/C17H23N3O2/c1-17(10-2-3-11-18-17)16(22)20-14-8-6-13(7-9-14)19-15(21)12-4-5-12/h6-9,12,18H,2-5,10-11H2,1H3,(H,19,21)(H,20,22). The van der Waals surface area contributed by atoms with Crippen LogP contribution in [0.15, 0.2) is 24.3 Å². The van der Waals surface area contributed by atoms with Crippen LogP contribution in [-0.2, 0) is 9.59 Å². The molecule has 0 radical (unpaired) electrons. The van der Waals surface area contributed by atoms with E-state index in [0.717, 1.165) is 50.0 Å². The van der Waals surface area contributed by atoms with Crippen LogP contribution in [0.5, 0.6) is 0 Å². The molecule has 1 saturated heterocycles. The average Bonchev–Trinajstić information content (AvgIpc) is 3.35. The largest absolute Gasteiger partial charge is 0.326 e. The lowest BCUT2D eigenvalue weighted by atomic mass is 9.90. The van der Waals surface area contributed by atoms with E-state index >= 15 is 0 Å². The molecule has 1 unspecified atom stereocenters. The van der Waals surface area contributed by atoms with Gasteiger partial charge in [0, 0.05) is 17.3 Å². The molecule has 1 heterocycles. The van der Waals surface area contributed by atoms with E-state index in [-0.39, 0.29) is 17.7 Å². The minimum absolute atomic E-state index is 0.00182. The summed E-state index contributed by atoms with van der Waals surface area (Å²) in [4.78, 5) is 24.1. The lowest BCUT2D eigenvalue weighted by Gasteiger charge is -2.33. The number of rotatable bonds is 4. The molecule has 0 bridgehead atoms. The molecule has 2 aliphatic rings. The minimum Gasteiger partial charge on any atom is -0.326 e. The fraction of sp³-hybridized carbons (Fsp3) is 0.529. The fourth-order valence-electron chi connectivity index (χ4n) is 2.75. The molecule has 22 heavy (non-hydrogen) atoms. The first kappa shape index (κ1) is 15.0. The summed E-state index contributed by atoms with van der Waals surface area (Å²) in [5.74, 6) is 0.286. The predicted octanol–water partition coefficient (Wildman–Crippen LogP) is 2.51. The van der Waals surface area contributed by atoms with Gasteiger partial charge in [0.15, 0.2) is 0 Å². The molecular weight excluding hydrogens is 278 g/mol. The molecule has 1 atom stereocenters. The molecule has 1 aliphatic heterocycles. The predicted molar refractivity (Wildman–Crippen MR) is 86.7 cm³/mol. The normalized spacial score (nSPS) is 24.6. The van der Waals surface area contributed by atoms with E-state index in [4.69, 9.17) is 0 Å². The van der Waals surface area contributed by atoms with Crippen LogP contribution in [-0.4, -0.2) is 23.9 Å². The highest BCUT2D eigenvalue weighted by atomic mass is 16.2. The first-order chi connectivity index (χ1) is 10.6. The van der Waals surface area contributed by atoms with Gasteiger partial charge in [0.1, 0.15) is 0 Å². The van der Waals surface area contributed by atoms with E-state index in [1.807, 2.05) is 31.2 Å². The summed E-state index contributed by atoms with van der Waals surface area (Å²) in [6, 6.07) is 7.30. The highest BCUT2D eigenvalue weighted by Crippen LogP contribution is 2.30. The maximum atomic E-state index is 12.4. The quantitative estimate of drug-likeness (QED) is 0.800. The zero-order chi connectivity index (χ0) is 15.6. The van der Waals surface area contributed by atoms with Gasteiger partial charge in [-0.05, 0) is 69.8 Å². The number of hydrogen-bond donors (Lipinski definition) is 3. The molecule has 5 nitrogen and oxygen atoms in total. The molecule has 5 heteroatoms. The van der Waals surface area contributed by atoms with Crippen LogP contribution >= 0.6 is 0 Å². The van der Waals surface area contributed by atoms with Crippen molar-refractivity contribution in [3.63, 3.8) is 0 Å². The molecule has 118 valence electrons. The van der Waals surface area contributed by atoms with Gasteiger partial charge in [0.05, 0.1) is 5.54 Å². The number of anilines is 2. The molecular formula is C17H23N3O2. The van der Waals surface area contributed by atoms with Crippen molar-refractivity contribution in [1.29, 1.82) is 0 Å². The Morgan fingerprint density at radius 2 is 1.73 bits per heavy atom. The van der Waals surface area contributed by atoms with E-state index in [0.29, 0.717) is 0 Å². The number of amides is 2. The zero-order valence-electron chi connectivity index (χ0n) is 12.9. The van der Waals surface area contributed by atoms with Crippen molar-refractivity contribution < 1.29 is 9.59 Å². The van der Waals surface area contributed by atoms with Crippen LogP contribution in [0.1, 0.15) is 39.0 Å². The minimum atomic E-state index is -0.489. The fourth-order valence-corrected chi connectivity index (χ4v) is 2.75. The second-order valence-corrected chi connectivity index (χ2v) is 6.51. The second kappa shape index (κ2) is 6.08. The van der Waals surface area contributed by atoms with Gasteiger partial charge < -0.3 is 16.0 Å². The lowest BCUT2D eigenvalue weighted by molar-refractivity contribution is -0.122. The molecule has 0 spiro atoms. The van der Waals surface area contributed by atoms with Crippen LogP contribution < -0.4 is 16.0 Å². The van der Waals surface area contributed by atoms with Crippen LogP contribution in [0.3, 0.4) is 0 Å². The topological polar surface area (TPSA) is 70.2 Å². The van der Waals surface area contributed by atoms with Crippen LogP contribution in [0.2, 0.25) is 0 Å². The van der Waals surface area contributed by atoms with E-state index < -0.39 is 5.54 Å². The SMILES string of the molecule is CC1(C(=O)Nc2ccc(NC(=O)C3CC3)cc2)CCCCN1. The van der Waals surface area contributed by atoms with Crippen molar-refractivity contribution >= 4 is 23.2 Å². The number of piperidine rings is 1. The Morgan fingerprint density at radius 1 is 1.09 bits per heavy atom. The Labute approximate surface area is 130 Å². The van der Waals surface area contributed by atoms with E-state index in [2.05, 4.69) is 16.0 Å². The maximum absolute atomic E-state index is 12.4. The highest BCUT2D eigenvalue weighted by molar-refractivity contribution is 5.98. The van der Waals surface area contributed by atoms with Gasteiger partial charge in [-0.15, -0.1) is 0 Å². The Balaban J connectivity index is 1.58. The highest BCUT2D eigenvalue weighted by Gasteiger charge is 2.34. The summed E-state index contributed by atoms with van der Waals surface area (Å²) in [7, 11) is 0. The first-order valence-electron chi connectivity index (χ1n) is 8.04. The van der Waals surface area contributed by atoms with Crippen molar-refractivity contribution in [2.45, 2.75) is 44.6 Å². The smallest absolute Gasteiger partial charge is 0.244 e. The Kier molecular flexibility index (Phi) is 4.16. The summed E-state index contributed by atoms with van der Waals surface area (Å²) in [5, 5.41) is 9.15. The monoisotopic (exact) mass is 301 g/mol. The molecule has 1 aliphatic carbocycles. The third-order valence-corrected chi connectivity index (χ3v) is 4.48. The molecule has 3 N–H and O–H groups in total. The Morgan fingerprint density at radius 3 is 2.27 bits per heavy atom. The summed E-state index contributed by atoms with van der Waals surface area (Å²) in [6.07, 6.45) is 5.03. The zero-order valence-corrected chi connectivity index (χ0v) is 12.9. The molecule has 2 fully saturated rings. The Bertz CT molecular complexity index is 558. The average molecular weight is 301 g/mol. The molecule has 1 aromatic carbocycles. The van der Waals surface area contributed by atoms with Gasteiger partial charge in [-0.1, -0.05) is 0 Å². The summed E-state index contributed by atoms with van der Waals surface area (Å²) in [6.45, 7) is 2.84. The maximum Gasteiger partial charge on any atom is 0.244 e. The van der Waals surface area contributed by atoms with Gasteiger partial charge in [-0.25, -0.2) is 0 Å². The number of nitrogens with one attached hydrogen (secondary N) is 3. The van der Waals surface area contributed by atoms with Crippen molar-refractivity contribution in [1.82, 2.24) is 5.32 Å². The number of benzene rings is 1. The van der Waals surface area contributed by atoms with Gasteiger partial charge in [-0.3, -0.25) is 9.59 Å². The van der Waals surface area contributed by atoms with Crippen molar-refractivity contribution in [3.8, 4) is 0 Å². The van der Waals surface area contributed by atoms with E-state index in [1.54, 1.807) is 0 Å². The lowest BCUT2D eigenvalue weighted by Crippen LogP contribution is -2.54. The molecule has 3 rings (SSSR count). The van der Waals surface area contributed by atoms with E-state index in [9.17, 15) is 9.59 Å². The number of hydrogen-bond acceptors (Lipinski definition) is 3. The Hall–Kier alpha value is -1.88. The second-order valence-electron chi connectivity index (χ2n) is 6.51. The molecule has 2 amide bonds. The summed E-state index contributed by atoms with van der Waals surface area (Å²) >= 11 is 0. The molecule has 1 aromatic rings. The van der Waals surface area contributed by atoms with Gasteiger partial charge in [0.2, 0.25) is 11.8 Å². The summed E-state index contributed by atoms with van der Waals surface area (Å²) < 4.78 is 0. The first-order valence-corrected chi connectivity index (χ1v) is 8.04. The van der Waals surface area contributed by atoms with Gasteiger partial charge in [0.25, 0.3) is 0 Å². The van der Waals surface area contributed by atoms with Gasteiger partial charge in [-0.2, -0.15) is 0 Å². The van der Waals surface area contributed by atoms with Crippen molar-refractivity contribution in [3.05, 3.63) is 24.3 Å². The van der Waals surface area contributed by atoms with Crippen LogP contribution in [0.4, 0.5) is 11.4 Å².